The van der Waals surface area contributed by atoms with Crippen molar-refractivity contribution in [3.63, 3.8) is 0 Å². The molecule has 0 bridgehead atoms. The lowest BCUT2D eigenvalue weighted by atomic mass is 10.2. The summed E-state index contributed by atoms with van der Waals surface area (Å²) in [5, 5.41) is 8.07. The minimum absolute atomic E-state index is 0.0423. The van der Waals surface area contributed by atoms with Crippen molar-refractivity contribution in [2.75, 3.05) is 19.6 Å². The number of alkyl carbamates (subject to hydrolysis) is 3. The lowest BCUT2D eigenvalue weighted by Gasteiger charge is -2.14. The number of hydrogen-bond acceptors (Lipinski definition) is 12. The molecule has 0 aromatic carbocycles. The highest BCUT2D eigenvalue weighted by atomic mass is 16.6. The first-order valence-corrected chi connectivity index (χ1v) is 19.6. The van der Waals surface area contributed by atoms with E-state index in [1.165, 1.54) is 18.8 Å². The van der Waals surface area contributed by atoms with E-state index in [1.807, 2.05) is 0 Å². The molecule has 0 saturated carbocycles. The summed E-state index contributed by atoms with van der Waals surface area (Å²) in [6.07, 6.45) is 10.8. The molecular weight excluding hydrogens is 744 g/mol. The molecule has 4 aromatic rings. The van der Waals surface area contributed by atoms with Gasteiger partial charge in [0, 0.05) is 39.3 Å². The molecule has 0 unspecified atom stereocenters. The van der Waals surface area contributed by atoms with Gasteiger partial charge in [0.25, 0.3) is 0 Å². The van der Waals surface area contributed by atoms with Crippen LogP contribution in [-0.4, -0.2) is 51.6 Å². The van der Waals surface area contributed by atoms with Crippen LogP contribution in [0, 0.1) is 0 Å². The molecule has 18 heteroatoms. The van der Waals surface area contributed by atoms with Gasteiger partial charge < -0.3 is 43.4 Å². The van der Waals surface area contributed by atoms with Crippen molar-refractivity contribution in [2.45, 2.75) is 117 Å². The second kappa shape index (κ2) is 25.3. The maximum atomic E-state index is 13.5. The number of furan rings is 3. The third-order valence-electron chi connectivity index (χ3n) is 8.90. The van der Waals surface area contributed by atoms with E-state index in [9.17, 15) is 28.8 Å². The second-order valence-electron chi connectivity index (χ2n) is 13.3. The van der Waals surface area contributed by atoms with E-state index in [1.54, 1.807) is 36.4 Å². The summed E-state index contributed by atoms with van der Waals surface area (Å²) in [6.45, 7) is 1.81. The van der Waals surface area contributed by atoms with Gasteiger partial charge in [-0.15, -0.1) is 0 Å². The first-order valence-electron chi connectivity index (χ1n) is 19.6. The predicted octanol–water partition coefficient (Wildman–Crippen LogP) is 5.41. The zero-order valence-corrected chi connectivity index (χ0v) is 32.3. The van der Waals surface area contributed by atoms with Crippen molar-refractivity contribution in [1.82, 2.24) is 29.7 Å². The van der Waals surface area contributed by atoms with Crippen LogP contribution < -0.4 is 33.0 Å². The molecule has 0 atom stereocenters. The number of hydrogen-bond donors (Lipinski definition) is 3. The quantitative estimate of drug-likeness (QED) is 0.0509. The SMILES string of the molecule is O=C(NCCCCCCn1c(=O)n(CCCCCCNC(=O)OCc2ccco2)c(=O)n(CCCCCCNC(=O)OCc2ccco2)c1=O)OCc1ccco1. The summed E-state index contributed by atoms with van der Waals surface area (Å²) in [5.41, 5.74) is -1.89. The molecule has 3 amide bonds. The van der Waals surface area contributed by atoms with Crippen LogP contribution in [0.4, 0.5) is 14.4 Å². The second-order valence-corrected chi connectivity index (χ2v) is 13.3. The van der Waals surface area contributed by atoms with Crippen LogP contribution in [0.1, 0.15) is 94.3 Å². The van der Waals surface area contributed by atoms with E-state index in [0.29, 0.717) is 94.7 Å². The molecule has 57 heavy (non-hydrogen) atoms. The smallest absolute Gasteiger partial charge is 0.407 e. The Balaban J connectivity index is 1.20. The van der Waals surface area contributed by atoms with Crippen LogP contribution in [0.2, 0.25) is 0 Å². The molecular formula is C39H54N6O12. The zero-order chi connectivity index (χ0) is 40.5. The lowest BCUT2D eigenvalue weighted by molar-refractivity contribution is 0.130. The minimum atomic E-state index is -0.631. The zero-order valence-electron chi connectivity index (χ0n) is 32.3. The number of rotatable bonds is 27. The van der Waals surface area contributed by atoms with Gasteiger partial charge in [-0.3, -0.25) is 0 Å². The highest BCUT2D eigenvalue weighted by molar-refractivity contribution is 5.67. The minimum Gasteiger partial charge on any atom is -0.466 e. The van der Waals surface area contributed by atoms with Crippen molar-refractivity contribution < 1.29 is 41.8 Å². The molecule has 0 radical (unpaired) electrons. The van der Waals surface area contributed by atoms with Gasteiger partial charge in [0.2, 0.25) is 0 Å². The summed E-state index contributed by atoms with van der Waals surface area (Å²) in [6, 6.07) is 10.3. The Hall–Kier alpha value is -5.94. The molecule has 4 aromatic heterocycles. The van der Waals surface area contributed by atoms with E-state index < -0.39 is 35.3 Å². The van der Waals surface area contributed by atoms with Gasteiger partial charge in [-0.25, -0.2) is 42.5 Å². The molecule has 4 rings (SSSR count). The number of amides is 3. The number of nitrogens with zero attached hydrogens (tertiary/aromatic N) is 3. The number of aromatic nitrogens is 3. The van der Waals surface area contributed by atoms with Crippen LogP contribution in [-0.2, 0) is 53.7 Å². The van der Waals surface area contributed by atoms with Gasteiger partial charge >= 0.3 is 35.3 Å². The summed E-state index contributed by atoms with van der Waals surface area (Å²) < 4.78 is 34.1. The Morgan fingerprint density at radius 1 is 0.439 bits per heavy atom. The fourth-order valence-corrected chi connectivity index (χ4v) is 5.82. The van der Waals surface area contributed by atoms with Crippen LogP contribution in [0.15, 0.2) is 82.8 Å². The fourth-order valence-electron chi connectivity index (χ4n) is 5.82. The molecule has 0 spiro atoms. The number of carbonyl (C=O) groups is 3. The number of nitrogens with one attached hydrogen (secondary N) is 3. The molecule has 0 aliphatic carbocycles. The van der Waals surface area contributed by atoms with E-state index in [4.69, 9.17) is 27.5 Å². The molecule has 0 aliphatic rings. The van der Waals surface area contributed by atoms with Crippen LogP contribution in [0.5, 0.6) is 0 Å². The van der Waals surface area contributed by atoms with Crippen LogP contribution >= 0.6 is 0 Å². The number of unbranched alkanes of at least 4 members (excludes halogenated alkanes) is 9. The van der Waals surface area contributed by atoms with Gasteiger partial charge in [0.05, 0.1) is 18.8 Å². The van der Waals surface area contributed by atoms with Crippen molar-refractivity contribution in [1.29, 1.82) is 0 Å². The van der Waals surface area contributed by atoms with E-state index in [-0.39, 0.29) is 39.5 Å². The van der Waals surface area contributed by atoms with Gasteiger partial charge in [-0.1, -0.05) is 38.5 Å². The van der Waals surface area contributed by atoms with E-state index >= 15 is 0 Å². The molecule has 18 nitrogen and oxygen atoms in total. The van der Waals surface area contributed by atoms with Crippen molar-refractivity contribution in [3.05, 3.63) is 104 Å². The predicted molar refractivity (Wildman–Crippen MR) is 205 cm³/mol. The van der Waals surface area contributed by atoms with Crippen LogP contribution in [0.3, 0.4) is 0 Å². The van der Waals surface area contributed by atoms with Crippen molar-refractivity contribution in [3.8, 4) is 0 Å². The molecule has 4 heterocycles. The third-order valence-corrected chi connectivity index (χ3v) is 8.90. The maximum absolute atomic E-state index is 13.5. The van der Waals surface area contributed by atoms with Gasteiger partial charge in [-0.05, 0) is 74.9 Å². The normalized spacial score (nSPS) is 10.9. The fraction of sp³-hybridized carbons (Fsp3) is 0.538. The summed E-state index contributed by atoms with van der Waals surface area (Å²) in [5.74, 6) is 1.64. The average Bonchev–Trinajstić information content (AvgIpc) is 4.03. The topological polar surface area (TPSA) is 220 Å². The van der Waals surface area contributed by atoms with Gasteiger partial charge in [0.1, 0.15) is 17.3 Å². The Morgan fingerprint density at radius 3 is 0.982 bits per heavy atom. The van der Waals surface area contributed by atoms with Crippen molar-refractivity contribution >= 4 is 18.3 Å². The monoisotopic (exact) mass is 798 g/mol. The standard InChI is InChI=1S/C39H54N6O12/c46-34(55-28-31-16-13-25-52-31)40-19-7-1-4-10-22-43-37(49)44(23-11-5-2-8-20-41-35(47)56-29-32-17-14-26-53-32)39(51)45(38(43)50)24-12-6-3-9-21-42-36(48)57-30-33-18-15-27-54-33/h13-18,25-27H,1-12,19-24,28-30H2,(H,40,46)(H,41,47)(H,42,48). The highest BCUT2D eigenvalue weighted by Crippen LogP contribution is 2.06. The summed E-state index contributed by atoms with van der Waals surface area (Å²) >= 11 is 0. The Bertz CT molecular complexity index is 1660. The largest absolute Gasteiger partial charge is 0.466 e. The molecule has 3 N–H and O–H groups in total. The number of ether oxygens (including phenoxy) is 3. The maximum Gasteiger partial charge on any atom is 0.407 e. The Kier molecular flexibility index (Phi) is 19.4. The Morgan fingerprint density at radius 2 is 0.719 bits per heavy atom. The average molecular weight is 799 g/mol. The van der Waals surface area contributed by atoms with Crippen LogP contribution in [0.25, 0.3) is 0 Å². The number of carbonyl (C=O) groups excluding carboxylic acids is 3. The van der Waals surface area contributed by atoms with Gasteiger partial charge in [0.15, 0.2) is 19.8 Å². The lowest BCUT2D eigenvalue weighted by Crippen LogP contribution is -2.54. The summed E-state index contributed by atoms with van der Waals surface area (Å²) in [4.78, 5) is 76.1. The first kappa shape index (κ1) is 43.8. The first-order chi connectivity index (χ1) is 27.8. The molecule has 0 fully saturated rings. The molecule has 312 valence electrons. The summed E-state index contributed by atoms with van der Waals surface area (Å²) in [7, 11) is 0. The van der Waals surface area contributed by atoms with E-state index in [0.717, 1.165) is 33.0 Å². The van der Waals surface area contributed by atoms with Crippen molar-refractivity contribution in [2.24, 2.45) is 0 Å². The van der Waals surface area contributed by atoms with E-state index in [2.05, 4.69) is 16.0 Å². The van der Waals surface area contributed by atoms with Gasteiger partial charge in [-0.2, -0.15) is 0 Å². The Labute approximate surface area is 329 Å². The molecule has 0 aliphatic heterocycles. The molecule has 0 saturated heterocycles. The highest BCUT2D eigenvalue weighted by Gasteiger charge is 2.15. The third kappa shape index (κ3) is 16.4.